The molecule has 1 aliphatic rings. The number of thioether (sulfide) groups is 1. The number of carbonyl (C=O) groups excluding carboxylic acids is 1. The van der Waals surface area contributed by atoms with Crippen molar-refractivity contribution in [2.24, 2.45) is 5.92 Å². The summed E-state index contributed by atoms with van der Waals surface area (Å²) >= 11 is 1.95. The number of hydrogen-bond acceptors (Lipinski definition) is 4. The van der Waals surface area contributed by atoms with Crippen LogP contribution in [-0.2, 0) is 0 Å². The number of aryl methyl sites for hydroxylation is 1. The van der Waals surface area contributed by atoms with Crippen molar-refractivity contribution in [3.8, 4) is 6.07 Å². The number of piperidine rings is 1. The van der Waals surface area contributed by atoms with Gasteiger partial charge in [-0.2, -0.15) is 17.0 Å². The molecule has 2 heterocycles. The maximum atomic E-state index is 12.6. The van der Waals surface area contributed by atoms with E-state index in [1.54, 1.807) is 6.92 Å². The van der Waals surface area contributed by atoms with Crippen LogP contribution in [0.2, 0.25) is 0 Å². The van der Waals surface area contributed by atoms with Crippen molar-refractivity contribution in [2.75, 3.05) is 24.6 Å². The van der Waals surface area contributed by atoms with E-state index in [1.165, 1.54) is 6.07 Å². The van der Waals surface area contributed by atoms with Crippen LogP contribution in [0, 0.1) is 24.2 Å². The maximum absolute atomic E-state index is 12.6. The van der Waals surface area contributed by atoms with Gasteiger partial charge in [0.05, 0.1) is 5.56 Å². The summed E-state index contributed by atoms with van der Waals surface area (Å²) in [6, 6.07) is 3.25. The number of H-pyrrole nitrogens is 1. The van der Waals surface area contributed by atoms with Gasteiger partial charge in [0.25, 0.3) is 11.5 Å². The van der Waals surface area contributed by atoms with Crippen molar-refractivity contribution in [2.45, 2.75) is 26.7 Å². The summed E-state index contributed by atoms with van der Waals surface area (Å²) in [4.78, 5) is 28.6. The highest BCUT2D eigenvalue weighted by Gasteiger charge is 2.25. The Bertz CT molecular complexity index is 640. The molecule has 0 radical (unpaired) electrons. The highest BCUT2D eigenvalue weighted by atomic mass is 32.2. The number of hydrogen-bond donors (Lipinski definition) is 1. The summed E-state index contributed by atoms with van der Waals surface area (Å²) in [6.07, 6.45) is 2.04. The fourth-order valence-corrected chi connectivity index (χ4v) is 3.59. The van der Waals surface area contributed by atoms with Gasteiger partial charge in [-0.05, 0) is 43.3 Å². The average molecular weight is 319 g/mol. The second-order valence-corrected chi connectivity index (χ2v) is 6.88. The quantitative estimate of drug-likeness (QED) is 0.922. The lowest BCUT2D eigenvalue weighted by molar-refractivity contribution is 0.0697. The predicted molar refractivity (Wildman–Crippen MR) is 88.1 cm³/mol. The molecule has 22 heavy (non-hydrogen) atoms. The van der Waals surface area contributed by atoms with E-state index in [0.29, 0.717) is 17.2 Å². The molecule has 118 valence electrons. The molecule has 1 aromatic heterocycles. The number of carbonyl (C=O) groups is 1. The third kappa shape index (κ3) is 3.72. The number of pyridine rings is 1. The van der Waals surface area contributed by atoms with E-state index in [2.05, 4.69) is 11.9 Å². The zero-order valence-electron chi connectivity index (χ0n) is 13.0. The van der Waals surface area contributed by atoms with Crippen LogP contribution in [0.1, 0.15) is 41.4 Å². The van der Waals surface area contributed by atoms with Gasteiger partial charge in [0, 0.05) is 18.8 Å². The third-order valence-electron chi connectivity index (χ3n) is 4.05. The number of nitrogens with one attached hydrogen (secondary N) is 1. The van der Waals surface area contributed by atoms with Crippen LogP contribution in [0.3, 0.4) is 0 Å². The van der Waals surface area contributed by atoms with Crippen LogP contribution in [0.4, 0.5) is 0 Å². The van der Waals surface area contributed by atoms with Gasteiger partial charge in [-0.15, -0.1) is 0 Å². The van der Waals surface area contributed by atoms with Crippen molar-refractivity contribution >= 4 is 17.7 Å². The second-order valence-electron chi connectivity index (χ2n) is 5.56. The molecule has 1 amide bonds. The number of nitriles is 1. The van der Waals surface area contributed by atoms with Crippen LogP contribution in [0.25, 0.3) is 0 Å². The Kier molecular flexibility index (Phi) is 5.67. The zero-order chi connectivity index (χ0) is 16.1. The first-order valence-electron chi connectivity index (χ1n) is 7.57. The summed E-state index contributed by atoms with van der Waals surface area (Å²) in [5.41, 5.74) is 0.505. The first-order valence-corrected chi connectivity index (χ1v) is 8.73. The summed E-state index contributed by atoms with van der Waals surface area (Å²) in [7, 11) is 0. The number of likely N-dealkylation sites (tertiary alicyclic amines) is 1. The molecule has 6 heteroatoms. The summed E-state index contributed by atoms with van der Waals surface area (Å²) in [5, 5.41) is 8.95. The minimum absolute atomic E-state index is 0.0109. The SMILES string of the molecule is CCSCC1CCN(C(=O)c2cc(C#N)c(=O)[nH]c2C)CC1. The standard InChI is InChI=1S/C16H21N3O2S/c1-3-22-10-12-4-6-19(7-5-12)16(21)14-8-13(9-17)15(20)18-11(14)2/h8,12H,3-7,10H2,1-2H3,(H,18,20). The summed E-state index contributed by atoms with van der Waals surface area (Å²) in [5.74, 6) is 2.88. The summed E-state index contributed by atoms with van der Waals surface area (Å²) in [6.45, 7) is 5.35. The normalized spacial score (nSPS) is 15.6. The van der Waals surface area contributed by atoms with Gasteiger partial charge in [0.1, 0.15) is 11.6 Å². The van der Waals surface area contributed by atoms with Crippen molar-refractivity contribution < 1.29 is 4.79 Å². The molecule has 1 saturated heterocycles. The first kappa shape index (κ1) is 16.6. The van der Waals surface area contributed by atoms with Crippen LogP contribution in [0.5, 0.6) is 0 Å². The molecule has 0 atom stereocenters. The molecule has 0 saturated carbocycles. The van der Waals surface area contributed by atoms with Gasteiger partial charge in [0.15, 0.2) is 0 Å². The molecule has 2 rings (SSSR count). The molecule has 1 aromatic rings. The van der Waals surface area contributed by atoms with Gasteiger partial charge in [-0.25, -0.2) is 0 Å². The van der Waals surface area contributed by atoms with Gasteiger partial charge in [-0.1, -0.05) is 6.92 Å². The van der Waals surface area contributed by atoms with E-state index in [9.17, 15) is 9.59 Å². The summed E-state index contributed by atoms with van der Waals surface area (Å²) < 4.78 is 0. The molecular formula is C16H21N3O2S. The average Bonchev–Trinajstić information content (AvgIpc) is 2.53. The third-order valence-corrected chi connectivity index (χ3v) is 5.16. The number of rotatable bonds is 4. The predicted octanol–water partition coefficient (Wildman–Crippen LogP) is 2.16. The highest BCUT2D eigenvalue weighted by Crippen LogP contribution is 2.23. The molecule has 0 aromatic carbocycles. The Balaban J connectivity index is 2.07. The Morgan fingerprint density at radius 3 is 2.77 bits per heavy atom. The van der Waals surface area contributed by atoms with Crippen molar-refractivity contribution in [3.63, 3.8) is 0 Å². The van der Waals surface area contributed by atoms with Crippen LogP contribution < -0.4 is 5.56 Å². The van der Waals surface area contributed by atoms with Gasteiger partial charge in [0.2, 0.25) is 0 Å². The molecule has 0 unspecified atom stereocenters. The Hall–Kier alpha value is -1.74. The molecule has 0 aliphatic carbocycles. The fourth-order valence-electron chi connectivity index (χ4n) is 2.69. The smallest absolute Gasteiger partial charge is 0.266 e. The largest absolute Gasteiger partial charge is 0.339 e. The van der Waals surface area contributed by atoms with E-state index >= 15 is 0 Å². The molecular weight excluding hydrogens is 298 g/mol. The maximum Gasteiger partial charge on any atom is 0.266 e. The molecule has 0 spiro atoms. The van der Waals surface area contributed by atoms with Crippen LogP contribution in [-0.4, -0.2) is 40.4 Å². The molecule has 1 fully saturated rings. The Labute approximate surface area is 134 Å². The monoisotopic (exact) mass is 319 g/mol. The number of amides is 1. The lowest BCUT2D eigenvalue weighted by Gasteiger charge is -2.32. The second kappa shape index (κ2) is 7.50. The number of aromatic amines is 1. The van der Waals surface area contributed by atoms with Crippen molar-refractivity contribution in [1.82, 2.24) is 9.88 Å². The fraction of sp³-hybridized carbons (Fsp3) is 0.562. The van der Waals surface area contributed by atoms with Gasteiger partial charge < -0.3 is 9.88 Å². The first-order chi connectivity index (χ1) is 10.6. The lowest BCUT2D eigenvalue weighted by Crippen LogP contribution is -2.39. The highest BCUT2D eigenvalue weighted by molar-refractivity contribution is 7.99. The van der Waals surface area contributed by atoms with Crippen LogP contribution in [0.15, 0.2) is 10.9 Å². The van der Waals surface area contributed by atoms with E-state index in [-0.39, 0.29) is 11.5 Å². The van der Waals surface area contributed by atoms with Crippen LogP contribution >= 0.6 is 11.8 Å². The molecule has 5 nitrogen and oxygen atoms in total. The van der Waals surface area contributed by atoms with E-state index in [0.717, 1.165) is 37.4 Å². The lowest BCUT2D eigenvalue weighted by atomic mass is 9.98. The van der Waals surface area contributed by atoms with Gasteiger partial charge in [-0.3, -0.25) is 9.59 Å². The number of nitrogens with zero attached hydrogens (tertiary/aromatic N) is 2. The zero-order valence-corrected chi connectivity index (χ0v) is 13.8. The Morgan fingerprint density at radius 1 is 1.50 bits per heavy atom. The minimum Gasteiger partial charge on any atom is -0.339 e. The Morgan fingerprint density at radius 2 is 2.18 bits per heavy atom. The molecule has 1 aliphatic heterocycles. The van der Waals surface area contributed by atoms with Crippen molar-refractivity contribution in [1.29, 1.82) is 5.26 Å². The van der Waals surface area contributed by atoms with E-state index in [1.807, 2.05) is 22.7 Å². The molecule has 0 bridgehead atoms. The van der Waals surface area contributed by atoms with E-state index < -0.39 is 5.56 Å². The topological polar surface area (TPSA) is 77.0 Å². The van der Waals surface area contributed by atoms with Crippen molar-refractivity contribution in [3.05, 3.63) is 33.2 Å². The number of aromatic nitrogens is 1. The minimum atomic E-state index is -0.438. The van der Waals surface area contributed by atoms with Gasteiger partial charge >= 0.3 is 0 Å². The molecule has 1 N–H and O–H groups in total. The van der Waals surface area contributed by atoms with E-state index in [4.69, 9.17) is 5.26 Å².